The highest BCUT2D eigenvalue weighted by Gasteiger charge is 2.19. The van der Waals surface area contributed by atoms with E-state index in [0.29, 0.717) is 24.2 Å². The van der Waals surface area contributed by atoms with Crippen LogP contribution in [-0.2, 0) is 16.0 Å². The minimum Gasteiger partial charge on any atom is -0.449 e. The second-order valence-corrected chi connectivity index (χ2v) is 5.73. The Bertz CT molecular complexity index is 924. The van der Waals surface area contributed by atoms with Crippen molar-refractivity contribution in [3.05, 3.63) is 65.9 Å². The quantitative estimate of drug-likeness (QED) is 0.681. The Hall–Kier alpha value is -3.29. The number of carbonyl (C=O) groups excluding carboxylic acids is 2. The molecule has 8 heteroatoms. The summed E-state index contributed by atoms with van der Waals surface area (Å²) in [5.74, 6) is -1.31. The lowest BCUT2D eigenvalue weighted by Crippen LogP contribution is -2.36. The van der Waals surface area contributed by atoms with E-state index in [9.17, 15) is 14.0 Å². The smallest absolute Gasteiger partial charge is 0.340 e. The first kappa shape index (κ1) is 17.5. The standard InChI is InChI=1S/C18H17FN4O3/c1-12(17(24)20-9-8-13-2-5-15(19)6-3-13)26-18(25)14-4-7-16-22-21-11-23(16)10-14/h2-7,10-12H,8-9H2,1H3,(H,20,24). The summed E-state index contributed by atoms with van der Waals surface area (Å²) in [7, 11) is 0. The van der Waals surface area contributed by atoms with Crippen LogP contribution in [0.15, 0.2) is 48.9 Å². The lowest BCUT2D eigenvalue weighted by atomic mass is 10.1. The van der Waals surface area contributed by atoms with Gasteiger partial charge in [-0.05, 0) is 43.2 Å². The molecule has 26 heavy (non-hydrogen) atoms. The summed E-state index contributed by atoms with van der Waals surface area (Å²) in [4.78, 5) is 24.2. The van der Waals surface area contributed by atoms with Crippen molar-refractivity contribution >= 4 is 17.5 Å². The lowest BCUT2D eigenvalue weighted by Gasteiger charge is -2.13. The number of fused-ring (bicyclic) bond motifs is 1. The molecule has 0 aliphatic rings. The number of nitrogens with one attached hydrogen (secondary N) is 1. The number of aromatic nitrogens is 3. The molecular formula is C18H17FN4O3. The van der Waals surface area contributed by atoms with Crippen molar-refractivity contribution in [1.82, 2.24) is 19.9 Å². The van der Waals surface area contributed by atoms with Crippen LogP contribution >= 0.6 is 0 Å². The molecule has 1 N–H and O–H groups in total. The van der Waals surface area contributed by atoms with Crippen LogP contribution in [0.5, 0.6) is 0 Å². The first-order valence-corrected chi connectivity index (χ1v) is 8.05. The average Bonchev–Trinajstić information content (AvgIpc) is 3.10. The second-order valence-electron chi connectivity index (χ2n) is 5.73. The van der Waals surface area contributed by atoms with Gasteiger partial charge in [0.1, 0.15) is 12.1 Å². The molecule has 1 amide bonds. The van der Waals surface area contributed by atoms with Crippen LogP contribution in [0.4, 0.5) is 4.39 Å². The van der Waals surface area contributed by atoms with Gasteiger partial charge in [0.05, 0.1) is 5.56 Å². The third-order valence-corrected chi connectivity index (χ3v) is 3.81. The summed E-state index contributed by atoms with van der Waals surface area (Å²) in [5, 5.41) is 10.3. The van der Waals surface area contributed by atoms with Crippen LogP contribution in [0.3, 0.4) is 0 Å². The predicted molar refractivity (Wildman–Crippen MR) is 91.0 cm³/mol. The zero-order valence-corrected chi connectivity index (χ0v) is 14.1. The fraction of sp³-hybridized carbons (Fsp3) is 0.222. The van der Waals surface area contributed by atoms with E-state index in [-0.39, 0.29) is 5.82 Å². The number of nitrogens with zero attached hydrogens (tertiary/aromatic N) is 3. The maximum absolute atomic E-state index is 12.8. The molecule has 0 radical (unpaired) electrons. The van der Waals surface area contributed by atoms with Gasteiger partial charge in [0.2, 0.25) is 0 Å². The van der Waals surface area contributed by atoms with Crippen LogP contribution < -0.4 is 5.32 Å². The Morgan fingerprint density at radius 2 is 2.00 bits per heavy atom. The average molecular weight is 356 g/mol. The molecule has 0 aliphatic carbocycles. The van der Waals surface area contributed by atoms with E-state index in [1.807, 2.05) is 0 Å². The van der Waals surface area contributed by atoms with Crippen LogP contribution in [0.2, 0.25) is 0 Å². The summed E-state index contributed by atoms with van der Waals surface area (Å²) in [6.07, 6.45) is 2.62. The Morgan fingerprint density at radius 3 is 2.77 bits per heavy atom. The molecule has 2 aromatic heterocycles. The summed E-state index contributed by atoms with van der Waals surface area (Å²) in [6.45, 7) is 1.86. The van der Waals surface area contributed by atoms with Gasteiger partial charge in [-0.2, -0.15) is 0 Å². The largest absolute Gasteiger partial charge is 0.449 e. The van der Waals surface area contributed by atoms with Gasteiger partial charge < -0.3 is 10.1 Å². The van der Waals surface area contributed by atoms with Crippen molar-refractivity contribution < 1.29 is 18.7 Å². The van der Waals surface area contributed by atoms with E-state index in [0.717, 1.165) is 5.56 Å². The van der Waals surface area contributed by atoms with Crippen LogP contribution in [-0.4, -0.2) is 39.1 Å². The predicted octanol–water partition coefficient (Wildman–Crippen LogP) is 1.77. The Balaban J connectivity index is 1.49. The van der Waals surface area contributed by atoms with E-state index in [2.05, 4.69) is 15.5 Å². The molecule has 3 rings (SSSR count). The van der Waals surface area contributed by atoms with Gasteiger partial charge in [0, 0.05) is 12.7 Å². The van der Waals surface area contributed by atoms with Crippen molar-refractivity contribution in [1.29, 1.82) is 0 Å². The van der Waals surface area contributed by atoms with Crippen molar-refractivity contribution in [2.75, 3.05) is 6.54 Å². The Kier molecular flexibility index (Phi) is 5.21. The topological polar surface area (TPSA) is 85.6 Å². The minimum atomic E-state index is -0.938. The molecular weight excluding hydrogens is 339 g/mol. The number of hydrogen-bond acceptors (Lipinski definition) is 5. The molecule has 0 saturated heterocycles. The molecule has 7 nitrogen and oxygen atoms in total. The third kappa shape index (κ3) is 4.21. The number of benzene rings is 1. The second kappa shape index (κ2) is 7.73. The number of hydrogen-bond donors (Lipinski definition) is 1. The first-order chi connectivity index (χ1) is 12.5. The molecule has 0 spiro atoms. The molecule has 134 valence electrons. The highest BCUT2D eigenvalue weighted by molar-refractivity contribution is 5.92. The maximum atomic E-state index is 12.8. The van der Waals surface area contributed by atoms with E-state index < -0.39 is 18.0 Å². The maximum Gasteiger partial charge on any atom is 0.340 e. The van der Waals surface area contributed by atoms with Gasteiger partial charge in [-0.15, -0.1) is 10.2 Å². The number of halogens is 1. The zero-order valence-electron chi connectivity index (χ0n) is 14.1. The van der Waals surface area contributed by atoms with Gasteiger partial charge in [0.25, 0.3) is 5.91 Å². The van der Waals surface area contributed by atoms with Crippen molar-refractivity contribution in [3.63, 3.8) is 0 Å². The SMILES string of the molecule is CC(OC(=O)c1ccc2nncn2c1)C(=O)NCCc1ccc(F)cc1. The molecule has 0 fully saturated rings. The minimum absolute atomic E-state index is 0.295. The molecule has 3 aromatic rings. The van der Waals surface area contributed by atoms with Gasteiger partial charge in [-0.3, -0.25) is 9.20 Å². The molecule has 0 saturated carbocycles. The van der Waals surface area contributed by atoms with E-state index >= 15 is 0 Å². The van der Waals surface area contributed by atoms with Crippen LogP contribution in [0.1, 0.15) is 22.8 Å². The van der Waals surface area contributed by atoms with Crippen molar-refractivity contribution in [2.45, 2.75) is 19.4 Å². The van der Waals surface area contributed by atoms with Gasteiger partial charge in [0.15, 0.2) is 11.8 Å². The van der Waals surface area contributed by atoms with Gasteiger partial charge >= 0.3 is 5.97 Å². The number of esters is 1. The van der Waals surface area contributed by atoms with Crippen LogP contribution in [0.25, 0.3) is 5.65 Å². The summed E-state index contributed by atoms with van der Waals surface area (Å²) in [6, 6.07) is 9.25. The number of ether oxygens (including phenoxy) is 1. The molecule has 0 bridgehead atoms. The van der Waals surface area contributed by atoms with Gasteiger partial charge in [-0.25, -0.2) is 9.18 Å². The number of amides is 1. The monoisotopic (exact) mass is 356 g/mol. The summed E-state index contributed by atoms with van der Waals surface area (Å²) < 4.78 is 19.6. The summed E-state index contributed by atoms with van der Waals surface area (Å²) >= 11 is 0. The molecule has 0 aliphatic heterocycles. The van der Waals surface area contributed by atoms with Crippen molar-refractivity contribution in [3.8, 4) is 0 Å². The molecule has 1 unspecified atom stereocenters. The fourth-order valence-electron chi connectivity index (χ4n) is 2.36. The Labute approximate surface area is 148 Å². The molecule has 2 heterocycles. The van der Waals surface area contributed by atoms with Crippen LogP contribution in [0, 0.1) is 5.82 Å². The normalized spacial score (nSPS) is 11.9. The Morgan fingerprint density at radius 1 is 1.23 bits per heavy atom. The van der Waals surface area contributed by atoms with E-state index in [1.54, 1.807) is 28.7 Å². The van der Waals surface area contributed by atoms with E-state index in [4.69, 9.17) is 4.74 Å². The molecule has 1 aromatic carbocycles. The highest BCUT2D eigenvalue weighted by atomic mass is 19.1. The van der Waals surface area contributed by atoms with E-state index in [1.165, 1.54) is 31.6 Å². The number of carbonyl (C=O) groups is 2. The van der Waals surface area contributed by atoms with Crippen molar-refractivity contribution in [2.24, 2.45) is 0 Å². The number of rotatable bonds is 6. The fourth-order valence-corrected chi connectivity index (χ4v) is 2.36. The highest BCUT2D eigenvalue weighted by Crippen LogP contribution is 2.07. The summed E-state index contributed by atoms with van der Waals surface area (Å²) in [5.41, 5.74) is 1.80. The lowest BCUT2D eigenvalue weighted by molar-refractivity contribution is -0.129. The first-order valence-electron chi connectivity index (χ1n) is 8.05. The number of pyridine rings is 1. The third-order valence-electron chi connectivity index (χ3n) is 3.81. The zero-order chi connectivity index (χ0) is 18.5. The van der Waals surface area contributed by atoms with Gasteiger partial charge in [-0.1, -0.05) is 12.1 Å². The molecule has 1 atom stereocenters.